The van der Waals surface area contributed by atoms with E-state index in [0.717, 1.165) is 0 Å². The Morgan fingerprint density at radius 2 is 0.783 bits per heavy atom. The van der Waals surface area contributed by atoms with E-state index in [1.165, 1.54) is 103 Å². The van der Waals surface area contributed by atoms with Crippen molar-refractivity contribution in [1.29, 1.82) is 0 Å². The largest absolute Gasteiger partial charge is 0.376 e. The fraction of sp³-hybridized carbons (Fsp3) is 1.00. The average Bonchev–Trinajstić information content (AvgIpc) is 2.53. The molecule has 0 fully saturated rings. The lowest BCUT2D eigenvalue weighted by Gasteiger charge is -2.19. The maximum atomic E-state index is 6.14. The van der Waals surface area contributed by atoms with Gasteiger partial charge >= 0.3 is 0 Å². The number of unbranched alkanes of at least 4 members (excludes halogenated alkanes) is 12. The molecule has 0 bridgehead atoms. The highest BCUT2D eigenvalue weighted by Crippen LogP contribution is 2.15. The number of hydrogen-bond donors (Lipinski definition) is 0. The van der Waals surface area contributed by atoms with Gasteiger partial charge in [0, 0.05) is 0 Å². The van der Waals surface area contributed by atoms with Gasteiger partial charge in [-0.1, -0.05) is 104 Å². The van der Waals surface area contributed by atoms with E-state index < -0.39 is 0 Å². The van der Waals surface area contributed by atoms with Gasteiger partial charge in [-0.05, 0) is 26.7 Å². The maximum absolute atomic E-state index is 6.14. The summed E-state index contributed by atoms with van der Waals surface area (Å²) < 4.78 is 6.14. The van der Waals surface area contributed by atoms with Crippen LogP contribution >= 0.6 is 0 Å². The topological polar surface area (TPSA) is 9.23 Å². The Morgan fingerprint density at radius 3 is 1.13 bits per heavy atom. The molecule has 0 aromatic heterocycles. The molecule has 0 amide bonds. The van der Waals surface area contributed by atoms with Crippen molar-refractivity contribution in [2.24, 2.45) is 0 Å². The molecule has 2 atom stereocenters. The quantitative estimate of drug-likeness (QED) is 0.231. The molecule has 0 aliphatic heterocycles. The van der Waals surface area contributed by atoms with E-state index in [0.29, 0.717) is 12.2 Å². The minimum Gasteiger partial charge on any atom is -0.376 e. The standard InChI is InChI=1S/C22H46O/c1-5-7-9-11-13-15-17-19-21(3)23-22(4)20-18-16-14-12-10-8-6-2/h21-22H,5-20H2,1-4H3. The minimum absolute atomic E-state index is 0.449. The van der Waals surface area contributed by atoms with Crippen LogP contribution in [0, 0.1) is 0 Å². The predicted octanol–water partition coefficient (Wildman–Crippen LogP) is 8.06. The molecular weight excluding hydrogens is 280 g/mol. The predicted molar refractivity (Wildman–Crippen MR) is 105 cm³/mol. The molecule has 0 spiro atoms. The normalized spacial score (nSPS) is 14.1. The average molecular weight is 327 g/mol. The van der Waals surface area contributed by atoms with Crippen LogP contribution in [0.2, 0.25) is 0 Å². The van der Waals surface area contributed by atoms with Crippen molar-refractivity contribution in [1.82, 2.24) is 0 Å². The van der Waals surface area contributed by atoms with Gasteiger partial charge in [0.05, 0.1) is 12.2 Å². The second-order valence-corrected chi connectivity index (χ2v) is 7.58. The van der Waals surface area contributed by atoms with E-state index in [2.05, 4.69) is 27.7 Å². The Bertz CT molecular complexity index is 192. The molecule has 0 aliphatic carbocycles. The zero-order valence-corrected chi connectivity index (χ0v) is 16.9. The van der Waals surface area contributed by atoms with Crippen molar-refractivity contribution in [2.45, 2.75) is 143 Å². The van der Waals surface area contributed by atoms with E-state index in [9.17, 15) is 0 Å². The number of rotatable bonds is 18. The Hall–Kier alpha value is -0.0400. The molecule has 0 N–H and O–H groups in total. The van der Waals surface area contributed by atoms with Gasteiger partial charge in [-0.2, -0.15) is 0 Å². The molecule has 0 saturated carbocycles. The van der Waals surface area contributed by atoms with Crippen LogP contribution in [0.1, 0.15) is 130 Å². The molecule has 0 heterocycles. The summed E-state index contributed by atoms with van der Waals surface area (Å²) in [5.41, 5.74) is 0. The lowest BCUT2D eigenvalue weighted by Crippen LogP contribution is -2.17. The van der Waals surface area contributed by atoms with Gasteiger partial charge in [-0.3, -0.25) is 0 Å². The molecule has 0 rings (SSSR count). The minimum atomic E-state index is 0.449. The van der Waals surface area contributed by atoms with Crippen LogP contribution in [0.3, 0.4) is 0 Å². The number of ether oxygens (including phenoxy) is 1. The zero-order valence-electron chi connectivity index (χ0n) is 16.9. The van der Waals surface area contributed by atoms with Gasteiger partial charge in [0.1, 0.15) is 0 Å². The van der Waals surface area contributed by atoms with Crippen LogP contribution in [-0.4, -0.2) is 12.2 Å². The van der Waals surface area contributed by atoms with Crippen molar-refractivity contribution in [3.63, 3.8) is 0 Å². The first-order valence-corrected chi connectivity index (χ1v) is 10.9. The van der Waals surface area contributed by atoms with E-state index in [1.807, 2.05) is 0 Å². The molecule has 0 aliphatic rings. The Labute approximate surface area is 148 Å². The highest BCUT2D eigenvalue weighted by Gasteiger charge is 2.08. The van der Waals surface area contributed by atoms with E-state index in [4.69, 9.17) is 4.74 Å². The van der Waals surface area contributed by atoms with Gasteiger partial charge in [0.25, 0.3) is 0 Å². The molecule has 2 unspecified atom stereocenters. The molecule has 0 aromatic carbocycles. The lowest BCUT2D eigenvalue weighted by molar-refractivity contribution is -0.00232. The van der Waals surface area contributed by atoms with Crippen molar-refractivity contribution in [3.8, 4) is 0 Å². The van der Waals surface area contributed by atoms with Crippen molar-refractivity contribution < 1.29 is 4.74 Å². The summed E-state index contributed by atoms with van der Waals surface area (Å²) in [6.45, 7) is 9.09. The fourth-order valence-electron chi connectivity index (χ4n) is 3.31. The maximum Gasteiger partial charge on any atom is 0.0550 e. The van der Waals surface area contributed by atoms with Gasteiger partial charge in [0.2, 0.25) is 0 Å². The third-order valence-electron chi connectivity index (χ3n) is 4.89. The highest BCUT2D eigenvalue weighted by atomic mass is 16.5. The third-order valence-corrected chi connectivity index (χ3v) is 4.89. The van der Waals surface area contributed by atoms with Gasteiger partial charge in [0.15, 0.2) is 0 Å². The van der Waals surface area contributed by atoms with Crippen LogP contribution in [0.5, 0.6) is 0 Å². The first-order valence-electron chi connectivity index (χ1n) is 10.9. The van der Waals surface area contributed by atoms with Gasteiger partial charge in [-0.15, -0.1) is 0 Å². The fourth-order valence-corrected chi connectivity index (χ4v) is 3.31. The first kappa shape index (κ1) is 23.0. The number of hydrogen-bond acceptors (Lipinski definition) is 1. The van der Waals surface area contributed by atoms with Crippen molar-refractivity contribution in [2.75, 3.05) is 0 Å². The Morgan fingerprint density at radius 1 is 0.478 bits per heavy atom. The SMILES string of the molecule is CCCCCCCCCC(C)OC(C)CCCCCCCCC. The molecule has 0 saturated heterocycles. The summed E-state index contributed by atoms with van der Waals surface area (Å²) in [5.74, 6) is 0. The summed E-state index contributed by atoms with van der Waals surface area (Å²) in [6, 6.07) is 0. The van der Waals surface area contributed by atoms with E-state index in [1.54, 1.807) is 0 Å². The van der Waals surface area contributed by atoms with Crippen LogP contribution in [-0.2, 0) is 4.74 Å². The monoisotopic (exact) mass is 326 g/mol. The third kappa shape index (κ3) is 18.1. The summed E-state index contributed by atoms with van der Waals surface area (Å²) in [4.78, 5) is 0. The first-order chi connectivity index (χ1) is 11.2. The van der Waals surface area contributed by atoms with Gasteiger partial charge in [-0.25, -0.2) is 0 Å². The van der Waals surface area contributed by atoms with Gasteiger partial charge < -0.3 is 4.74 Å². The lowest BCUT2D eigenvalue weighted by atomic mass is 10.1. The van der Waals surface area contributed by atoms with E-state index in [-0.39, 0.29) is 0 Å². The molecular formula is C22H46O. The summed E-state index contributed by atoms with van der Waals surface area (Å²) in [5, 5.41) is 0. The van der Waals surface area contributed by atoms with Crippen LogP contribution in [0.25, 0.3) is 0 Å². The highest BCUT2D eigenvalue weighted by molar-refractivity contribution is 4.58. The van der Waals surface area contributed by atoms with E-state index >= 15 is 0 Å². The van der Waals surface area contributed by atoms with Crippen molar-refractivity contribution in [3.05, 3.63) is 0 Å². The summed E-state index contributed by atoms with van der Waals surface area (Å²) in [6.07, 6.45) is 22.9. The Kier molecular flexibility index (Phi) is 18.3. The van der Waals surface area contributed by atoms with Crippen molar-refractivity contribution >= 4 is 0 Å². The zero-order chi connectivity index (χ0) is 17.2. The van der Waals surface area contributed by atoms with Crippen LogP contribution < -0.4 is 0 Å². The molecule has 1 nitrogen and oxygen atoms in total. The smallest absolute Gasteiger partial charge is 0.0550 e. The molecule has 140 valence electrons. The van der Waals surface area contributed by atoms with Crippen LogP contribution in [0.15, 0.2) is 0 Å². The second-order valence-electron chi connectivity index (χ2n) is 7.58. The second kappa shape index (κ2) is 18.3. The Balaban J connectivity index is 3.32. The summed E-state index contributed by atoms with van der Waals surface area (Å²) in [7, 11) is 0. The molecule has 1 heteroatoms. The summed E-state index contributed by atoms with van der Waals surface area (Å²) >= 11 is 0. The molecule has 0 aromatic rings. The molecule has 23 heavy (non-hydrogen) atoms. The van der Waals surface area contributed by atoms with Crippen LogP contribution in [0.4, 0.5) is 0 Å². The molecule has 0 radical (unpaired) electrons.